The number of carbonyl (C=O) groups excluding carboxylic acids is 1. The first kappa shape index (κ1) is 9.75. The molecule has 2 nitrogen and oxygen atoms in total. The predicted octanol–water partition coefficient (Wildman–Crippen LogP) is 0.570. The standard InChI is InChI=1S/C11H13NOSe/c1-8-10(7-12-11(8)13)14-9-5-3-2-4-6-9/h2-6,8,10H,7H2,1H3,(H,12,13). The van der Waals surface area contributed by atoms with Crippen LogP contribution in [0.15, 0.2) is 30.3 Å². The Labute approximate surface area is 90.2 Å². The SMILES string of the molecule is CC1C(=O)NCC1[Se]c1ccccc1. The molecule has 0 spiro atoms. The summed E-state index contributed by atoms with van der Waals surface area (Å²) in [5.41, 5.74) is 0. The van der Waals surface area contributed by atoms with E-state index in [2.05, 4.69) is 29.6 Å². The van der Waals surface area contributed by atoms with Crippen LogP contribution in [0.3, 0.4) is 0 Å². The van der Waals surface area contributed by atoms with Crippen molar-refractivity contribution in [2.24, 2.45) is 5.92 Å². The van der Waals surface area contributed by atoms with Gasteiger partial charge in [-0.15, -0.1) is 0 Å². The molecule has 0 aromatic heterocycles. The molecule has 0 saturated carbocycles. The summed E-state index contributed by atoms with van der Waals surface area (Å²) in [5.74, 6) is 0.406. The molecule has 1 aromatic carbocycles. The molecule has 1 aliphatic heterocycles. The summed E-state index contributed by atoms with van der Waals surface area (Å²) in [7, 11) is 0. The van der Waals surface area contributed by atoms with Crippen LogP contribution in [-0.4, -0.2) is 27.4 Å². The number of rotatable bonds is 2. The predicted molar refractivity (Wildman–Crippen MR) is 57.8 cm³/mol. The van der Waals surface area contributed by atoms with Gasteiger partial charge in [-0.3, -0.25) is 0 Å². The average molecular weight is 254 g/mol. The molecule has 1 saturated heterocycles. The fraction of sp³-hybridized carbons (Fsp3) is 0.364. The van der Waals surface area contributed by atoms with Gasteiger partial charge in [0.2, 0.25) is 0 Å². The summed E-state index contributed by atoms with van der Waals surface area (Å²) in [6, 6.07) is 10.4. The Morgan fingerprint density at radius 3 is 2.64 bits per heavy atom. The van der Waals surface area contributed by atoms with Gasteiger partial charge < -0.3 is 0 Å². The van der Waals surface area contributed by atoms with Crippen LogP contribution >= 0.6 is 0 Å². The number of nitrogens with one attached hydrogen (secondary N) is 1. The molecule has 2 rings (SSSR count). The van der Waals surface area contributed by atoms with Crippen LogP contribution in [0.1, 0.15) is 6.92 Å². The van der Waals surface area contributed by atoms with E-state index in [0.717, 1.165) is 6.54 Å². The van der Waals surface area contributed by atoms with E-state index < -0.39 is 0 Å². The van der Waals surface area contributed by atoms with E-state index in [0.29, 0.717) is 19.8 Å². The molecule has 2 unspecified atom stereocenters. The van der Waals surface area contributed by atoms with Crippen molar-refractivity contribution in [1.82, 2.24) is 5.32 Å². The molecule has 74 valence electrons. The van der Waals surface area contributed by atoms with Crippen molar-refractivity contribution >= 4 is 25.3 Å². The van der Waals surface area contributed by atoms with Gasteiger partial charge in [-0.25, -0.2) is 0 Å². The molecule has 2 atom stereocenters. The third-order valence-corrected chi connectivity index (χ3v) is 5.46. The zero-order valence-corrected chi connectivity index (χ0v) is 9.78. The van der Waals surface area contributed by atoms with Crippen molar-refractivity contribution < 1.29 is 4.79 Å². The van der Waals surface area contributed by atoms with E-state index in [9.17, 15) is 4.79 Å². The fourth-order valence-corrected chi connectivity index (χ4v) is 3.96. The van der Waals surface area contributed by atoms with Gasteiger partial charge in [0, 0.05) is 0 Å². The molecule has 1 amide bonds. The average Bonchev–Trinajstić information content (AvgIpc) is 2.52. The molecule has 14 heavy (non-hydrogen) atoms. The van der Waals surface area contributed by atoms with Gasteiger partial charge in [0.25, 0.3) is 0 Å². The fourth-order valence-electron chi connectivity index (χ4n) is 1.53. The first-order chi connectivity index (χ1) is 6.77. The number of hydrogen-bond donors (Lipinski definition) is 1. The van der Waals surface area contributed by atoms with Crippen LogP contribution in [0.25, 0.3) is 0 Å². The summed E-state index contributed by atoms with van der Waals surface area (Å²) >= 11 is 0.417. The van der Waals surface area contributed by atoms with Gasteiger partial charge in [0.15, 0.2) is 0 Å². The van der Waals surface area contributed by atoms with Crippen molar-refractivity contribution in [2.45, 2.75) is 11.7 Å². The second-order valence-electron chi connectivity index (χ2n) is 3.50. The van der Waals surface area contributed by atoms with Gasteiger partial charge in [0.1, 0.15) is 0 Å². The topological polar surface area (TPSA) is 29.1 Å². The van der Waals surface area contributed by atoms with Crippen LogP contribution in [0.4, 0.5) is 0 Å². The summed E-state index contributed by atoms with van der Waals surface area (Å²) in [6.45, 7) is 2.88. The molecule has 1 heterocycles. The van der Waals surface area contributed by atoms with E-state index in [-0.39, 0.29) is 11.8 Å². The minimum absolute atomic E-state index is 0.190. The summed E-state index contributed by atoms with van der Waals surface area (Å²) in [4.78, 5) is 11.8. The Morgan fingerprint density at radius 1 is 1.36 bits per heavy atom. The summed E-state index contributed by atoms with van der Waals surface area (Å²) in [5, 5.41) is 2.92. The van der Waals surface area contributed by atoms with Gasteiger partial charge in [-0.1, -0.05) is 0 Å². The maximum absolute atomic E-state index is 11.3. The zero-order chi connectivity index (χ0) is 9.97. The van der Waals surface area contributed by atoms with Gasteiger partial charge in [0.05, 0.1) is 0 Å². The molecule has 1 aliphatic rings. The Bertz CT molecular complexity index is 325. The van der Waals surface area contributed by atoms with Crippen molar-refractivity contribution in [3.8, 4) is 0 Å². The van der Waals surface area contributed by atoms with Crippen LogP contribution < -0.4 is 9.78 Å². The van der Waals surface area contributed by atoms with Gasteiger partial charge in [-0.05, 0) is 0 Å². The Morgan fingerprint density at radius 2 is 2.07 bits per heavy atom. The molecule has 1 fully saturated rings. The van der Waals surface area contributed by atoms with E-state index in [1.807, 2.05) is 13.0 Å². The summed E-state index contributed by atoms with van der Waals surface area (Å²) in [6.07, 6.45) is 0. The van der Waals surface area contributed by atoms with Crippen molar-refractivity contribution in [3.05, 3.63) is 30.3 Å². The van der Waals surface area contributed by atoms with E-state index in [1.165, 1.54) is 4.46 Å². The number of amides is 1. The zero-order valence-electron chi connectivity index (χ0n) is 8.07. The van der Waals surface area contributed by atoms with Crippen LogP contribution in [0.2, 0.25) is 4.82 Å². The van der Waals surface area contributed by atoms with Crippen molar-refractivity contribution in [3.63, 3.8) is 0 Å². The van der Waals surface area contributed by atoms with Gasteiger partial charge >= 0.3 is 90.0 Å². The minimum atomic E-state index is 0.190. The van der Waals surface area contributed by atoms with Gasteiger partial charge in [-0.2, -0.15) is 0 Å². The second kappa shape index (κ2) is 4.16. The van der Waals surface area contributed by atoms with Crippen LogP contribution in [0, 0.1) is 5.92 Å². The molecule has 0 aliphatic carbocycles. The number of carbonyl (C=O) groups is 1. The molecule has 1 aromatic rings. The Kier molecular flexibility index (Phi) is 2.90. The molecule has 1 N–H and O–H groups in total. The maximum atomic E-state index is 11.3. The van der Waals surface area contributed by atoms with Crippen molar-refractivity contribution in [1.29, 1.82) is 0 Å². The van der Waals surface area contributed by atoms with E-state index in [1.54, 1.807) is 0 Å². The Hall–Kier alpha value is -0.791. The molecular weight excluding hydrogens is 241 g/mol. The molecule has 0 bridgehead atoms. The van der Waals surface area contributed by atoms with Crippen LogP contribution in [0.5, 0.6) is 0 Å². The van der Waals surface area contributed by atoms with Crippen LogP contribution in [-0.2, 0) is 4.79 Å². The van der Waals surface area contributed by atoms with Crippen molar-refractivity contribution in [2.75, 3.05) is 6.54 Å². The first-order valence-electron chi connectivity index (χ1n) is 4.77. The molecule has 3 heteroatoms. The number of benzene rings is 1. The normalized spacial score (nSPS) is 26.2. The van der Waals surface area contributed by atoms with E-state index >= 15 is 0 Å². The summed E-state index contributed by atoms with van der Waals surface area (Å²) < 4.78 is 1.38. The number of hydrogen-bond acceptors (Lipinski definition) is 1. The first-order valence-corrected chi connectivity index (χ1v) is 6.61. The molecular formula is C11H13NOSe. The molecule has 0 radical (unpaired) electrons. The monoisotopic (exact) mass is 255 g/mol. The quantitative estimate of drug-likeness (QED) is 0.768. The Balaban J connectivity index is 2.02. The third kappa shape index (κ3) is 1.99. The third-order valence-electron chi connectivity index (χ3n) is 2.48. The second-order valence-corrected chi connectivity index (χ2v) is 6.26. The van der Waals surface area contributed by atoms with E-state index in [4.69, 9.17) is 0 Å².